The predicted octanol–water partition coefficient (Wildman–Crippen LogP) is 0.167. The molecule has 2 heterocycles. The van der Waals surface area contributed by atoms with Gasteiger partial charge in [0.05, 0.1) is 0 Å². The minimum absolute atomic E-state index is 0. The van der Waals surface area contributed by atoms with Gasteiger partial charge in [0.25, 0.3) is 0 Å². The van der Waals surface area contributed by atoms with Crippen molar-refractivity contribution in [3.63, 3.8) is 0 Å². The van der Waals surface area contributed by atoms with E-state index in [1.807, 2.05) is 18.2 Å². The van der Waals surface area contributed by atoms with Crippen LogP contribution in [0.5, 0.6) is 0 Å². The van der Waals surface area contributed by atoms with E-state index in [4.69, 9.17) is 4.42 Å². The summed E-state index contributed by atoms with van der Waals surface area (Å²) < 4.78 is 27.4. The number of hydrogen-bond acceptors (Lipinski definition) is 5. The van der Waals surface area contributed by atoms with Crippen molar-refractivity contribution in [3.05, 3.63) is 48.8 Å². The average Bonchev–Trinajstić information content (AvgIpc) is 2.82. The third kappa shape index (κ3) is 2.74. The average molecular weight is 265 g/mol. The van der Waals surface area contributed by atoms with E-state index in [9.17, 15) is 8.42 Å². The molecule has 3 rings (SSSR count). The summed E-state index contributed by atoms with van der Waals surface area (Å²) in [6, 6.07) is 10.3. The fraction of sp³-hybridized carbons (Fsp3) is 0. The molecule has 0 aliphatic heterocycles. The van der Waals surface area contributed by atoms with Crippen molar-refractivity contribution in [2.45, 2.75) is 4.90 Å². The minimum Gasteiger partial charge on any atom is -0.456 e. The molecule has 19 heavy (non-hydrogen) atoms. The molecular weight excluding hydrogens is 257 g/mol. The van der Waals surface area contributed by atoms with Gasteiger partial charge in [0, 0.05) is 23.3 Å². The van der Waals surface area contributed by atoms with Crippen LogP contribution in [-0.2, 0) is 19.1 Å². The maximum absolute atomic E-state index is 10.9. The SMILES string of the molecule is O=[S-](=O)c1ccc2oc(-c3ccncc3)cc2c1.[Li+]. The molecule has 0 saturated carbocycles. The Kier molecular flexibility index (Phi) is 4.10. The Morgan fingerprint density at radius 2 is 1.74 bits per heavy atom. The molecule has 90 valence electrons. The first-order chi connectivity index (χ1) is 8.74. The summed E-state index contributed by atoms with van der Waals surface area (Å²) in [4.78, 5) is 4.19. The summed E-state index contributed by atoms with van der Waals surface area (Å²) in [7, 11) is -2.22. The molecule has 6 heteroatoms. The van der Waals surface area contributed by atoms with Crippen LogP contribution >= 0.6 is 0 Å². The number of benzene rings is 1. The Hall–Kier alpha value is -1.54. The number of furan rings is 1. The van der Waals surface area contributed by atoms with Crippen molar-refractivity contribution in [2.75, 3.05) is 0 Å². The maximum atomic E-state index is 10.9. The molecule has 4 nitrogen and oxygen atoms in total. The summed E-state index contributed by atoms with van der Waals surface area (Å²) in [6.07, 6.45) is 3.36. The fourth-order valence-corrected chi connectivity index (χ4v) is 2.19. The van der Waals surface area contributed by atoms with E-state index in [1.165, 1.54) is 6.07 Å². The maximum Gasteiger partial charge on any atom is 1.00 e. The van der Waals surface area contributed by atoms with Gasteiger partial charge in [-0.2, -0.15) is 0 Å². The normalized spacial score (nSPS) is 10.6. The van der Waals surface area contributed by atoms with Crippen LogP contribution in [0.1, 0.15) is 0 Å². The number of nitrogens with zero attached hydrogens (tertiary/aromatic N) is 1. The van der Waals surface area contributed by atoms with Gasteiger partial charge in [-0.1, -0.05) is 17.0 Å². The van der Waals surface area contributed by atoms with E-state index >= 15 is 0 Å². The van der Waals surface area contributed by atoms with Crippen LogP contribution in [0, 0.1) is 0 Å². The molecule has 0 bridgehead atoms. The molecule has 0 saturated heterocycles. The van der Waals surface area contributed by atoms with Gasteiger partial charge >= 0.3 is 18.9 Å². The second-order valence-electron chi connectivity index (χ2n) is 3.78. The van der Waals surface area contributed by atoms with Crippen LogP contribution < -0.4 is 18.9 Å². The molecule has 0 spiro atoms. The Bertz CT molecular complexity index is 773. The van der Waals surface area contributed by atoms with E-state index < -0.39 is 10.7 Å². The second-order valence-corrected chi connectivity index (χ2v) is 4.72. The molecule has 0 aliphatic carbocycles. The predicted molar refractivity (Wildman–Crippen MR) is 66.4 cm³/mol. The standard InChI is InChI=1S/C13H8NO3S.Li/c15-18(16)11-1-2-12-10(7-11)8-13(17-12)9-3-5-14-6-4-9;/h1-8H;/q-1;+1. The van der Waals surface area contributed by atoms with Crippen LogP contribution in [0.25, 0.3) is 22.3 Å². The second kappa shape index (κ2) is 5.62. The first kappa shape index (κ1) is 13.9. The third-order valence-corrected chi connectivity index (χ3v) is 3.28. The van der Waals surface area contributed by atoms with Gasteiger partial charge in [0.1, 0.15) is 11.3 Å². The molecule has 0 unspecified atom stereocenters. The minimum atomic E-state index is -2.22. The molecule has 0 atom stereocenters. The molecular formula is C13H8LiNO3S. The van der Waals surface area contributed by atoms with Crippen LogP contribution in [-0.4, -0.2) is 4.98 Å². The Balaban J connectivity index is 0.00000133. The summed E-state index contributed by atoms with van der Waals surface area (Å²) >= 11 is 0. The van der Waals surface area contributed by atoms with Crippen LogP contribution in [0.4, 0.5) is 0 Å². The quantitative estimate of drug-likeness (QED) is 0.489. The van der Waals surface area contributed by atoms with Gasteiger partial charge in [-0.15, -0.1) is 0 Å². The van der Waals surface area contributed by atoms with Crippen LogP contribution in [0.2, 0.25) is 0 Å². The number of hydrogen-bond donors (Lipinski definition) is 0. The van der Waals surface area contributed by atoms with Crippen molar-refractivity contribution in [1.82, 2.24) is 4.98 Å². The Morgan fingerprint density at radius 1 is 1.00 bits per heavy atom. The number of pyridine rings is 1. The smallest absolute Gasteiger partial charge is 0.456 e. The third-order valence-electron chi connectivity index (χ3n) is 2.65. The fourth-order valence-electron chi connectivity index (χ4n) is 1.78. The summed E-state index contributed by atoms with van der Waals surface area (Å²) in [5.74, 6) is 0.696. The van der Waals surface area contributed by atoms with Gasteiger partial charge in [-0.25, -0.2) is 0 Å². The molecule has 3 aromatic rings. The van der Waals surface area contributed by atoms with Gasteiger partial charge in [0.2, 0.25) is 0 Å². The first-order valence-corrected chi connectivity index (χ1v) is 6.35. The van der Waals surface area contributed by atoms with Crippen molar-refractivity contribution in [2.24, 2.45) is 0 Å². The van der Waals surface area contributed by atoms with Gasteiger partial charge in [-0.3, -0.25) is 4.98 Å². The zero-order valence-electron chi connectivity index (χ0n) is 10.2. The Morgan fingerprint density at radius 3 is 2.42 bits per heavy atom. The van der Waals surface area contributed by atoms with Crippen molar-refractivity contribution in [3.8, 4) is 11.3 Å². The van der Waals surface area contributed by atoms with Crippen LogP contribution in [0.3, 0.4) is 0 Å². The van der Waals surface area contributed by atoms with Gasteiger partial charge in [0.15, 0.2) is 0 Å². The summed E-state index contributed by atoms with van der Waals surface area (Å²) in [5.41, 5.74) is 1.57. The van der Waals surface area contributed by atoms with E-state index in [-0.39, 0.29) is 23.8 Å². The zero-order chi connectivity index (χ0) is 12.5. The molecule has 0 fully saturated rings. The first-order valence-electron chi connectivity index (χ1n) is 5.27. The van der Waals surface area contributed by atoms with Crippen molar-refractivity contribution < 1.29 is 31.7 Å². The molecule has 0 N–H and O–H groups in total. The summed E-state index contributed by atoms with van der Waals surface area (Å²) in [6.45, 7) is 0. The number of fused-ring (bicyclic) bond motifs is 1. The molecule has 0 aliphatic rings. The monoisotopic (exact) mass is 265 g/mol. The number of rotatable bonds is 2. The molecule has 0 amide bonds. The van der Waals surface area contributed by atoms with Gasteiger partial charge in [-0.05, 0) is 35.0 Å². The molecule has 2 aromatic heterocycles. The van der Waals surface area contributed by atoms with Crippen molar-refractivity contribution in [1.29, 1.82) is 0 Å². The van der Waals surface area contributed by atoms with Crippen LogP contribution in [0.15, 0.2) is 58.1 Å². The van der Waals surface area contributed by atoms with E-state index in [2.05, 4.69) is 4.98 Å². The van der Waals surface area contributed by atoms with E-state index in [0.29, 0.717) is 11.3 Å². The molecule has 1 aromatic carbocycles. The Labute approximate surface area is 123 Å². The van der Waals surface area contributed by atoms with Crippen molar-refractivity contribution >= 4 is 21.7 Å². The number of aromatic nitrogens is 1. The molecule has 0 radical (unpaired) electrons. The summed E-state index contributed by atoms with van der Waals surface area (Å²) in [5, 5.41) is 0.767. The van der Waals surface area contributed by atoms with E-state index in [1.54, 1.807) is 24.5 Å². The zero-order valence-corrected chi connectivity index (χ0v) is 11.0. The van der Waals surface area contributed by atoms with E-state index in [0.717, 1.165) is 10.9 Å². The van der Waals surface area contributed by atoms with Gasteiger partial charge < -0.3 is 12.8 Å². The largest absolute Gasteiger partial charge is 1.00 e. The topological polar surface area (TPSA) is 60.2 Å².